The fraction of sp³-hybridized carbons (Fsp3) is 0.160. The van der Waals surface area contributed by atoms with Gasteiger partial charge in [-0.3, -0.25) is 4.79 Å². The molecule has 3 aromatic carbocycles. The Morgan fingerprint density at radius 1 is 1.00 bits per heavy atom. The van der Waals surface area contributed by atoms with E-state index in [2.05, 4.69) is 22.7 Å². The van der Waals surface area contributed by atoms with Gasteiger partial charge in [0.2, 0.25) is 0 Å². The van der Waals surface area contributed by atoms with Crippen molar-refractivity contribution in [2.45, 2.75) is 13.0 Å². The van der Waals surface area contributed by atoms with Gasteiger partial charge >= 0.3 is 0 Å². The Morgan fingerprint density at radius 2 is 1.71 bits per heavy atom. The molecule has 0 spiro atoms. The molecule has 31 heavy (non-hydrogen) atoms. The van der Waals surface area contributed by atoms with Gasteiger partial charge in [-0.1, -0.05) is 54.6 Å². The number of carbonyl (C=O) groups is 1. The highest BCUT2D eigenvalue weighted by Gasteiger charge is 2.13. The smallest absolute Gasteiger partial charge is 0.260 e. The molecule has 0 aliphatic carbocycles. The van der Waals surface area contributed by atoms with Gasteiger partial charge in [-0.15, -0.1) is 0 Å². The highest BCUT2D eigenvalue weighted by Crippen LogP contribution is 2.18. The maximum Gasteiger partial charge on any atom is 0.260 e. The maximum atomic E-state index is 12.6. The summed E-state index contributed by atoms with van der Waals surface area (Å²) in [5.41, 5.74) is 7.63. The number of carbonyl (C=O) groups excluding carboxylic acids is 1. The van der Waals surface area contributed by atoms with E-state index in [1.54, 1.807) is 6.21 Å². The zero-order chi connectivity index (χ0) is 21.6. The van der Waals surface area contributed by atoms with Crippen LogP contribution in [-0.4, -0.2) is 35.8 Å². The lowest BCUT2D eigenvalue weighted by molar-refractivity contribution is -0.121. The lowest BCUT2D eigenvalue weighted by atomic mass is 10.1. The van der Waals surface area contributed by atoms with E-state index in [0.717, 1.165) is 33.7 Å². The minimum absolute atomic E-state index is 0.152. The number of hydrogen-bond acceptors (Lipinski definition) is 4. The maximum absolute atomic E-state index is 12.6. The van der Waals surface area contributed by atoms with E-state index in [0.29, 0.717) is 6.42 Å². The number of nitrogens with zero attached hydrogens (tertiary/aromatic N) is 4. The first-order valence-electron chi connectivity index (χ1n) is 10.2. The summed E-state index contributed by atoms with van der Waals surface area (Å²) < 4.78 is 1.96. The second-order valence-corrected chi connectivity index (χ2v) is 7.54. The topological polar surface area (TPSA) is 62.5 Å². The number of nitrogens with one attached hydrogen (secondary N) is 1. The third-order valence-corrected chi connectivity index (χ3v) is 5.05. The predicted molar refractivity (Wildman–Crippen MR) is 125 cm³/mol. The summed E-state index contributed by atoms with van der Waals surface area (Å²) >= 11 is 0. The molecule has 4 aromatic rings. The van der Waals surface area contributed by atoms with Gasteiger partial charge in [0.1, 0.15) is 12.4 Å². The molecule has 0 fully saturated rings. The van der Waals surface area contributed by atoms with Crippen molar-refractivity contribution >= 4 is 28.8 Å². The summed E-state index contributed by atoms with van der Waals surface area (Å²) in [7, 11) is 3.99. The number of aromatic nitrogens is 2. The van der Waals surface area contributed by atoms with Gasteiger partial charge in [-0.05, 0) is 35.4 Å². The SMILES string of the molecule is CN(C)c1ccc(C=NNC(=O)Cn2c(Cc3ccccc3)nc3ccccc32)cc1. The monoisotopic (exact) mass is 411 g/mol. The van der Waals surface area contributed by atoms with Gasteiger partial charge in [0, 0.05) is 26.2 Å². The minimum atomic E-state index is -0.196. The molecule has 0 radical (unpaired) electrons. The van der Waals surface area contributed by atoms with Gasteiger partial charge in [0.25, 0.3) is 5.91 Å². The Balaban J connectivity index is 1.48. The standard InChI is InChI=1S/C25H25N5O/c1-29(2)21-14-12-20(13-15-21)17-26-28-25(31)18-30-23-11-7-6-10-22(23)27-24(30)16-19-8-4-3-5-9-19/h3-15,17H,16,18H2,1-2H3,(H,28,31). The number of amides is 1. The molecule has 1 heterocycles. The lowest BCUT2D eigenvalue weighted by Gasteiger charge is -2.11. The summed E-state index contributed by atoms with van der Waals surface area (Å²) in [5.74, 6) is 0.657. The molecule has 1 amide bonds. The van der Waals surface area contributed by atoms with Crippen molar-refractivity contribution in [3.63, 3.8) is 0 Å². The lowest BCUT2D eigenvalue weighted by Crippen LogP contribution is -2.24. The van der Waals surface area contributed by atoms with Gasteiger partial charge in [0.15, 0.2) is 0 Å². The number of para-hydroxylation sites is 2. The second kappa shape index (κ2) is 9.26. The molecule has 156 valence electrons. The number of benzene rings is 3. The predicted octanol–water partition coefficient (Wildman–Crippen LogP) is 3.84. The van der Waals surface area contributed by atoms with Crippen LogP contribution in [0.3, 0.4) is 0 Å². The quantitative estimate of drug-likeness (QED) is 0.371. The molecule has 6 nitrogen and oxygen atoms in total. The zero-order valence-corrected chi connectivity index (χ0v) is 17.7. The molecule has 0 aliphatic rings. The first-order chi connectivity index (χ1) is 15.1. The highest BCUT2D eigenvalue weighted by atomic mass is 16.2. The number of fused-ring (bicyclic) bond motifs is 1. The molecule has 0 aliphatic heterocycles. The van der Waals surface area contributed by atoms with Crippen molar-refractivity contribution in [1.82, 2.24) is 15.0 Å². The normalized spacial score (nSPS) is 11.2. The van der Waals surface area contributed by atoms with Crippen LogP contribution in [0.25, 0.3) is 11.0 Å². The molecule has 1 aromatic heterocycles. The number of imidazole rings is 1. The molecule has 0 atom stereocenters. The van der Waals surface area contributed by atoms with Crippen molar-refractivity contribution in [2.75, 3.05) is 19.0 Å². The summed E-state index contributed by atoms with van der Waals surface area (Å²) in [6.45, 7) is 0.152. The Kier molecular flexibility index (Phi) is 6.08. The van der Waals surface area contributed by atoms with E-state index in [1.807, 2.05) is 90.3 Å². The van der Waals surface area contributed by atoms with Crippen LogP contribution in [0.2, 0.25) is 0 Å². The Bertz CT molecular complexity index is 1190. The van der Waals surface area contributed by atoms with Gasteiger partial charge < -0.3 is 9.47 Å². The first kappa shape index (κ1) is 20.3. The van der Waals surface area contributed by atoms with Crippen molar-refractivity contribution in [3.8, 4) is 0 Å². The fourth-order valence-electron chi connectivity index (χ4n) is 3.43. The molecule has 6 heteroatoms. The van der Waals surface area contributed by atoms with Crippen LogP contribution in [0.4, 0.5) is 5.69 Å². The van der Waals surface area contributed by atoms with Crippen molar-refractivity contribution in [2.24, 2.45) is 5.10 Å². The van der Waals surface area contributed by atoms with Crippen LogP contribution in [0, 0.1) is 0 Å². The first-order valence-corrected chi connectivity index (χ1v) is 10.2. The minimum Gasteiger partial charge on any atom is -0.378 e. The van der Waals surface area contributed by atoms with Crippen LogP contribution < -0.4 is 10.3 Å². The average Bonchev–Trinajstić information content (AvgIpc) is 3.11. The molecule has 1 N–H and O–H groups in total. The van der Waals surface area contributed by atoms with Crippen LogP contribution in [0.15, 0.2) is 84.0 Å². The molecule has 0 bridgehead atoms. The Hall–Kier alpha value is -3.93. The number of rotatable bonds is 7. The number of anilines is 1. The van der Waals surface area contributed by atoms with E-state index in [1.165, 1.54) is 0 Å². The van der Waals surface area contributed by atoms with Crippen LogP contribution >= 0.6 is 0 Å². The summed E-state index contributed by atoms with van der Waals surface area (Å²) in [5, 5.41) is 4.12. The number of hydrogen-bond donors (Lipinski definition) is 1. The van der Waals surface area contributed by atoms with Crippen LogP contribution in [-0.2, 0) is 17.8 Å². The zero-order valence-electron chi connectivity index (χ0n) is 17.7. The third kappa shape index (κ3) is 4.98. The molecule has 0 saturated carbocycles. The van der Waals surface area contributed by atoms with Crippen molar-refractivity contribution in [1.29, 1.82) is 0 Å². The summed E-state index contributed by atoms with van der Waals surface area (Å²) in [6.07, 6.45) is 2.30. The van der Waals surface area contributed by atoms with E-state index in [4.69, 9.17) is 4.98 Å². The average molecular weight is 412 g/mol. The Morgan fingerprint density at radius 3 is 2.45 bits per heavy atom. The highest BCUT2D eigenvalue weighted by molar-refractivity contribution is 5.84. The molecular weight excluding hydrogens is 386 g/mol. The fourth-order valence-corrected chi connectivity index (χ4v) is 3.43. The Labute approximate surface area is 181 Å². The van der Waals surface area contributed by atoms with Gasteiger partial charge in [-0.2, -0.15) is 5.10 Å². The van der Waals surface area contributed by atoms with Crippen molar-refractivity contribution in [3.05, 3.63) is 95.8 Å². The molecule has 0 saturated heterocycles. The molecular formula is C25H25N5O. The number of hydrazone groups is 1. The largest absolute Gasteiger partial charge is 0.378 e. The van der Waals surface area contributed by atoms with E-state index in [9.17, 15) is 4.79 Å². The van der Waals surface area contributed by atoms with Crippen LogP contribution in [0.1, 0.15) is 17.0 Å². The third-order valence-electron chi connectivity index (χ3n) is 5.05. The summed E-state index contributed by atoms with van der Waals surface area (Å²) in [4.78, 5) is 19.4. The van der Waals surface area contributed by atoms with Crippen molar-refractivity contribution < 1.29 is 4.79 Å². The van der Waals surface area contributed by atoms with Gasteiger partial charge in [0.05, 0.1) is 17.2 Å². The van der Waals surface area contributed by atoms with E-state index < -0.39 is 0 Å². The van der Waals surface area contributed by atoms with Crippen LogP contribution in [0.5, 0.6) is 0 Å². The van der Waals surface area contributed by atoms with E-state index >= 15 is 0 Å². The molecule has 0 unspecified atom stereocenters. The molecule has 4 rings (SSSR count). The van der Waals surface area contributed by atoms with E-state index in [-0.39, 0.29) is 12.5 Å². The van der Waals surface area contributed by atoms with Gasteiger partial charge in [-0.25, -0.2) is 10.4 Å². The summed E-state index contributed by atoms with van der Waals surface area (Å²) in [6, 6.07) is 26.0. The second-order valence-electron chi connectivity index (χ2n) is 7.54.